The number of carboxylic acids is 2. The molecule has 18 heteroatoms. The fraction of sp³-hybridized carbons (Fsp3) is 0.231. The molecule has 0 aliphatic carbocycles. The van der Waals surface area contributed by atoms with Crippen molar-refractivity contribution in [3.8, 4) is 0 Å². The van der Waals surface area contributed by atoms with E-state index in [2.05, 4.69) is 149 Å². The zero-order chi connectivity index (χ0) is 66.8. The van der Waals surface area contributed by atoms with Gasteiger partial charge < -0.3 is 25.2 Å². The summed E-state index contributed by atoms with van der Waals surface area (Å²) in [5.74, 6) is -1.22. The molecular formula is C78H77N8NaO9. The number of hydrogen-bond acceptors (Lipinski definition) is 15. The number of aromatic carboxylic acids is 2. The fourth-order valence-corrected chi connectivity index (χ4v) is 10.5. The maximum absolute atomic E-state index is 11.6. The number of esters is 2. The summed E-state index contributed by atoms with van der Waals surface area (Å²) in [6.07, 6.45) is 18.7. The van der Waals surface area contributed by atoms with Crippen LogP contribution in [-0.4, -0.2) is 93.7 Å². The number of fused-ring (bicyclic) bond motifs is 4. The van der Waals surface area contributed by atoms with Crippen molar-refractivity contribution < 1.29 is 73.9 Å². The van der Waals surface area contributed by atoms with Crippen molar-refractivity contribution in [1.29, 1.82) is 0 Å². The Bertz CT molecular complexity index is 4550. The number of carbonyl (C=O) groups excluding carboxylic acids is 2. The monoisotopic (exact) mass is 1290 g/mol. The van der Waals surface area contributed by atoms with E-state index in [1.165, 1.54) is 54.8 Å². The summed E-state index contributed by atoms with van der Waals surface area (Å²) in [6.45, 7) is 15.1. The van der Waals surface area contributed by atoms with Gasteiger partial charge in [-0.15, -0.1) is 0 Å². The largest absolute Gasteiger partial charge is 1.00 e. The van der Waals surface area contributed by atoms with Gasteiger partial charge in [0.1, 0.15) is 0 Å². The molecule has 0 unspecified atom stereocenters. The van der Waals surface area contributed by atoms with E-state index in [9.17, 15) is 19.2 Å². The van der Waals surface area contributed by atoms with E-state index in [1.807, 2.05) is 61.2 Å². The van der Waals surface area contributed by atoms with Crippen LogP contribution in [0.3, 0.4) is 0 Å². The van der Waals surface area contributed by atoms with Crippen molar-refractivity contribution in [3.63, 3.8) is 0 Å². The minimum atomic E-state index is -0.932. The van der Waals surface area contributed by atoms with Gasteiger partial charge in [0.15, 0.2) is 0 Å². The maximum Gasteiger partial charge on any atom is 1.00 e. The summed E-state index contributed by atoms with van der Waals surface area (Å²) in [7, 11) is 2.76. The van der Waals surface area contributed by atoms with Gasteiger partial charge in [0.2, 0.25) is 0 Å². The fourth-order valence-electron chi connectivity index (χ4n) is 10.5. The summed E-state index contributed by atoms with van der Waals surface area (Å²) in [4.78, 5) is 80.6. The van der Waals surface area contributed by atoms with Crippen LogP contribution < -0.4 is 29.6 Å². The molecule has 3 N–H and O–H groups in total. The van der Waals surface area contributed by atoms with Crippen LogP contribution in [-0.2, 0) is 41.6 Å². The number of pyridine rings is 8. The minimum Gasteiger partial charge on any atom is -0.870 e. The molecule has 0 saturated carbocycles. The van der Waals surface area contributed by atoms with Gasteiger partial charge in [-0.3, -0.25) is 39.9 Å². The average Bonchev–Trinajstić information content (AvgIpc) is 0.850. The van der Waals surface area contributed by atoms with Crippen LogP contribution in [0.1, 0.15) is 181 Å². The van der Waals surface area contributed by atoms with Crippen LogP contribution in [0.5, 0.6) is 0 Å². The van der Waals surface area contributed by atoms with Crippen molar-refractivity contribution in [3.05, 3.63) is 285 Å². The molecule has 17 nitrogen and oxygen atoms in total. The molecule has 0 spiro atoms. The van der Waals surface area contributed by atoms with Crippen LogP contribution in [0, 0.1) is 0 Å². The van der Waals surface area contributed by atoms with E-state index in [0.717, 1.165) is 101 Å². The smallest absolute Gasteiger partial charge is 0.870 e. The van der Waals surface area contributed by atoms with Crippen molar-refractivity contribution >= 4 is 67.5 Å². The first-order valence-electron chi connectivity index (χ1n) is 31.3. The number of rotatable bonds is 17. The van der Waals surface area contributed by atoms with E-state index < -0.39 is 11.9 Å². The third-order valence-electron chi connectivity index (χ3n) is 15.8. The summed E-state index contributed by atoms with van der Waals surface area (Å²) >= 11 is 0. The molecule has 12 rings (SSSR count). The molecule has 12 aromatic rings. The van der Waals surface area contributed by atoms with Gasteiger partial charge in [-0.2, -0.15) is 0 Å². The van der Waals surface area contributed by atoms with Gasteiger partial charge in [0.05, 0.1) is 58.5 Å². The Morgan fingerprint density at radius 2 is 0.635 bits per heavy atom. The minimum absolute atomic E-state index is 0. The number of aromatic nitrogens is 8. The molecule has 0 aliphatic rings. The molecule has 0 saturated heterocycles. The molecule has 0 fully saturated rings. The van der Waals surface area contributed by atoms with E-state index in [1.54, 1.807) is 55.0 Å². The first-order valence-corrected chi connectivity index (χ1v) is 31.3. The molecule has 0 radical (unpaired) electrons. The molecule has 0 atom stereocenters. The van der Waals surface area contributed by atoms with Crippen molar-refractivity contribution in [2.24, 2.45) is 0 Å². The summed E-state index contributed by atoms with van der Waals surface area (Å²) in [5, 5.41) is 22.6. The molecule has 484 valence electrons. The quantitative estimate of drug-likeness (QED) is 0.0634. The van der Waals surface area contributed by atoms with Gasteiger partial charge in [-0.05, 0) is 190 Å². The molecule has 96 heavy (non-hydrogen) atoms. The Morgan fingerprint density at radius 1 is 0.365 bits per heavy atom. The third-order valence-corrected chi connectivity index (χ3v) is 15.8. The van der Waals surface area contributed by atoms with Gasteiger partial charge in [0.25, 0.3) is 0 Å². The van der Waals surface area contributed by atoms with Crippen LogP contribution in [0.4, 0.5) is 0 Å². The summed E-state index contributed by atoms with van der Waals surface area (Å²) in [5.41, 5.74) is 18.0. The second-order valence-electron chi connectivity index (χ2n) is 23.9. The topological polar surface area (TPSA) is 260 Å². The van der Waals surface area contributed by atoms with Gasteiger partial charge >= 0.3 is 53.4 Å². The predicted molar refractivity (Wildman–Crippen MR) is 370 cm³/mol. The van der Waals surface area contributed by atoms with E-state index in [4.69, 9.17) is 19.7 Å². The molecular weight excluding hydrogens is 1220 g/mol. The number of aryl methyl sites for hydroxylation is 1. The normalized spacial score (nSPS) is 10.8. The van der Waals surface area contributed by atoms with E-state index in [-0.39, 0.29) is 58.1 Å². The van der Waals surface area contributed by atoms with Crippen LogP contribution in [0.15, 0.2) is 195 Å². The molecule has 8 heterocycles. The Balaban J connectivity index is 0.000000179. The van der Waals surface area contributed by atoms with Crippen LogP contribution in [0.25, 0.3) is 43.6 Å². The van der Waals surface area contributed by atoms with Crippen molar-refractivity contribution in [2.45, 2.75) is 105 Å². The standard InChI is InChI=1S/2C20H20N2O2.2C19H18N2O2.Na.H2O/c2*1-13(2)17-10-16-8-14(4-5-19(16)22-12-17)9-18-11-15(6-7-21-18)20(23)24-3;1-12(2)16-9-15-7-13(3-4-18(15)21-11-16)8-17-10-14(19(22)23)5-6-20-17;1-2-3-14-9-16-8-13(4-5-18(16)21-12-14)10-17-11-15(19(22)23)6-7-20-17;;/h2*4-8,10-13H,9H2,1-3H3;3-7,9-12H,8H2,1-2H3,(H,22,23);4-9,11-12H,2-3,10H2,1H3,(H,22,23);;1H2/q;;;;+1;/p-1. The molecule has 0 bridgehead atoms. The number of hydrogen-bond donors (Lipinski definition) is 2. The summed E-state index contributed by atoms with van der Waals surface area (Å²) in [6, 6.07) is 46.5. The van der Waals surface area contributed by atoms with Crippen LogP contribution >= 0.6 is 0 Å². The van der Waals surface area contributed by atoms with E-state index in [0.29, 0.717) is 54.6 Å². The Labute approximate surface area is 581 Å². The predicted octanol–water partition coefficient (Wildman–Crippen LogP) is 13.0. The number of carbonyl (C=O) groups is 4. The van der Waals surface area contributed by atoms with Crippen molar-refractivity contribution in [1.82, 2.24) is 39.9 Å². The number of ether oxygens (including phenoxy) is 2. The number of methoxy groups -OCH3 is 2. The summed E-state index contributed by atoms with van der Waals surface area (Å²) < 4.78 is 9.52. The van der Waals surface area contributed by atoms with Crippen LogP contribution in [0.2, 0.25) is 0 Å². The average molecular weight is 1290 g/mol. The van der Waals surface area contributed by atoms with Gasteiger partial charge in [-0.1, -0.05) is 79.2 Å². The Hall–Kier alpha value is -10.0. The Morgan fingerprint density at radius 3 is 0.917 bits per heavy atom. The molecule has 0 aliphatic heterocycles. The first-order chi connectivity index (χ1) is 45.3. The zero-order valence-corrected chi connectivity index (χ0v) is 57.8. The SMILES string of the molecule is CC(C)c1cnc2ccc(Cc3cc(C(=O)O)ccn3)cc2c1.CCCc1cnc2ccc(Cc3cc(C(=O)O)ccn3)cc2c1.COC(=O)c1ccnc(Cc2ccc3ncc(C(C)C)cc3c2)c1.COC(=O)c1ccnc(Cc2ccc3ncc(C(C)C)cc3c2)c1.[Na+].[OH-]. The second-order valence-corrected chi connectivity index (χ2v) is 23.9. The number of benzene rings is 4. The zero-order valence-electron chi connectivity index (χ0n) is 55.8. The Kier molecular flexibility index (Phi) is 26.7. The molecule has 0 amide bonds. The molecule has 4 aromatic carbocycles. The number of nitrogens with zero attached hydrogens (tertiary/aromatic N) is 8. The van der Waals surface area contributed by atoms with Crippen molar-refractivity contribution in [2.75, 3.05) is 14.2 Å². The van der Waals surface area contributed by atoms with Gasteiger partial charge in [0, 0.05) is 120 Å². The van der Waals surface area contributed by atoms with Gasteiger partial charge in [-0.25, -0.2) is 19.2 Å². The second kappa shape index (κ2) is 34.9. The maximum atomic E-state index is 11.6. The molecule has 8 aromatic heterocycles. The number of carboxylic acid groups (broad SMARTS) is 2. The first kappa shape index (κ1) is 73.4. The van der Waals surface area contributed by atoms with E-state index >= 15 is 0 Å². The third kappa shape index (κ3) is 20.2.